The van der Waals surface area contributed by atoms with Gasteiger partial charge in [0.25, 0.3) is 0 Å². The van der Waals surface area contributed by atoms with Crippen LogP contribution in [0.25, 0.3) is 0 Å². The molecule has 0 saturated carbocycles. The molecule has 0 fully saturated rings. The second-order valence-electron chi connectivity index (χ2n) is 7.73. The highest BCUT2D eigenvalue weighted by Gasteiger charge is 2.41. The molecule has 34 heavy (non-hydrogen) atoms. The Balaban J connectivity index is 1.59. The number of hydrogen-bond acceptors (Lipinski definition) is 8. The lowest BCUT2D eigenvalue weighted by atomic mass is 9.74. The Morgan fingerprint density at radius 1 is 0.500 bits per heavy atom. The number of hydrogen-bond donors (Lipinski definition) is 4. The highest BCUT2D eigenvalue weighted by Crippen LogP contribution is 2.33. The molecule has 2 aliphatic carbocycles. The van der Waals surface area contributed by atoms with Gasteiger partial charge in [0, 0.05) is 10.4 Å². The second kappa shape index (κ2) is 7.01. The summed E-state index contributed by atoms with van der Waals surface area (Å²) in [5.41, 5.74) is -0.899. The van der Waals surface area contributed by atoms with Gasteiger partial charge in [0.15, 0.2) is 0 Å². The maximum Gasteiger partial charge on any atom is 0.638 e. The van der Waals surface area contributed by atoms with Crippen LogP contribution in [-0.4, -0.2) is 14.2 Å². The average molecular weight is 456 g/mol. The van der Waals surface area contributed by atoms with Crippen LogP contribution in [-0.2, 0) is 0 Å². The molecule has 0 atom stereocenters. The van der Waals surface area contributed by atoms with Crippen LogP contribution in [0.4, 0.5) is 8.78 Å². The summed E-state index contributed by atoms with van der Waals surface area (Å²) >= 11 is 0. The first-order valence-corrected chi connectivity index (χ1v) is 10.1. The van der Waals surface area contributed by atoms with Gasteiger partial charge < -0.3 is 18.6 Å². The summed E-state index contributed by atoms with van der Waals surface area (Å²) in [6.45, 7) is 0. The molecule has 0 bridgehead atoms. The van der Waals surface area contributed by atoms with E-state index in [2.05, 4.69) is 0 Å². The fourth-order valence-electron chi connectivity index (χ4n) is 4.17. The number of benzene rings is 2. The van der Waals surface area contributed by atoms with Crippen LogP contribution in [0, 0.1) is 43.7 Å². The highest BCUT2D eigenvalue weighted by atomic mass is 19.1. The molecule has 2 aromatic rings. The van der Waals surface area contributed by atoms with Gasteiger partial charge in [0.05, 0.1) is 32.4 Å². The summed E-state index contributed by atoms with van der Waals surface area (Å²) < 4.78 is 53.8. The van der Waals surface area contributed by atoms with Crippen molar-refractivity contribution in [3.05, 3.63) is 92.0 Å². The molecule has 4 aliphatic rings. The minimum absolute atomic E-state index is 0.321. The quantitative estimate of drug-likeness (QED) is 0.312. The van der Waals surface area contributed by atoms with Crippen LogP contribution >= 0.6 is 0 Å². The Bertz CT molecular complexity index is 1630. The molecule has 6 rings (SSSR count). The molecule has 0 radical (unpaired) electrons. The molecule has 0 unspecified atom stereocenters. The predicted molar refractivity (Wildman–Crippen MR) is 114 cm³/mol. The van der Waals surface area contributed by atoms with Gasteiger partial charge in [-0.3, -0.25) is 21.6 Å². The van der Waals surface area contributed by atoms with Crippen molar-refractivity contribution in [1.29, 1.82) is 21.6 Å². The van der Waals surface area contributed by atoms with Crippen molar-refractivity contribution < 1.29 is 27.4 Å². The molecule has 12 heteroatoms. The summed E-state index contributed by atoms with van der Waals surface area (Å²) in [7, 11) is -2.79. The summed E-state index contributed by atoms with van der Waals surface area (Å²) in [6, 6.07) is 13.2. The van der Waals surface area contributed by atoms with Gasteiger partial charge in [-0.05, 0) is 24.3 Å². The third-order valence-corrected chi connectivity index (χ3v) is 5.81. The maximum absolute atomic E-state index is 15.7. The maximum atomic E-state index is 15.7. The standard InChI is InChI=1S/C22H12B2F2N4O4/c25-17-13-14(19(27)21(29)15(17)23-31-9-5-1-2-6-10(9)32-23)18(26)16(22(30)20(13)28)24-33-11-7-3-4-8-12(11)34-24/h1-8,27-30H. The van der Waals surface area contributed by atoms with Gasteiger partial charge in [0.2, 0.25) is 0 Å². The van der Waals surface area contributed by atoms with E-state index in [1.807, 2.05) is 0 Å². The van der Waals surface area contributed by atoms with Gasteiger partial charge in [-0.2, -0.15) is 0 Å². The van der Waals surface area contributed by atoms with Crippen molar-refractivity contribution in [3.8, 4) is 23.0 Å². The largest absolute Gasteiger partial charge is 0.638 e. The number of para-hydroxylation sites is 4. The molecule has 0 saturated heterocycles. The highest BCUT2D eigenvalue weighted by molar-refractivity contribution is 6.64. The van der Waals surface area contributed by atoms with Crippen molar-refractivity contribution in [3.63, 3.8) is 0 Å². The third-order valence-electron chi connectivity index (χ3n) is 5.81. The molecular weight excluding hydrogens is 444 g/mol. The topological polar surface area (TPSA) is 132 Å². The van der Waals surface area contributed by atoms with E-state index in [0.717, 1.165) is 0 Å². The Hall–Kier alpha value is -4.47. The fourth-order valence-corrected chi connectivity index (χ4v) is 4.17. The first-order valence-electron chi connectivity index (χ1n) is 10.1. The van der Waals surface area contributed by atoms with Crippen LogP contribution < -0.4 is 51.0 Å². The van der Waals surface area contributed by atoms with E-state index in [1.165, 1.54) is 0 Å². The lowest BCUT2D eigenvalue weighted by Gasteiger charge is -2.11. The zero-order valence-electron chi connectivity index (χ0n) is 17.2. The van der Waals surface area contributed by atoms with E-state index >= 15 is 8.78 Å². The van der Waals surface area contributed by atoms with E-state index in [-0.39, 0.29) is 0 Å². The van der Waals surface area contributed by atoms with Crippen LogP contribution in [0.2, 0.25) is 0 Å². The van der Waals surface area contributed by atoms with Crippen LogP contribution in [0.5, 0.6) is 23.0 Å². The van der Waals surface area contributed by atoms with Gasteiger partial charge in [-0.15, -0.1) is 0 Å². The summed E-state index contributed by atoms with van der Waals surface area (Å²) in [4.78, 5) is 0. The molecule has 2 heterocycles. The summed E-state index contributed by atoms with van der Waals surface area (Å²) in [5, 5.41) is 29.7. The third kappa shape index (κ3) is 2.65. The van der Waals surface area contributed by atoms with Gasteiger partial charge >= 0.3 is 14.2 Å². The van der Waals surface area contributed by atoms with Crippen molar-refractivity contribution in [2.75, 3.05) is 0 Å². The van der Waals surface area contributed by atoms with Crippen LogP contribution in [0.1, 0.15) is 0 Å². The van der Waals surface area contributed by atoms with Crippen molar-refractivity contribution in [1.82, 2.24) is 0 Å². The molecule has 2 aliphatic heterocycles. The van der Waals surface area contributed by atoms with E-state index < -0.39 is 68.7 Å². The molecule has 164 valence electrons. The lowest BCUT2D eigenvalue weighted by Crippen LogP contribution is -2.59. The molecule has 0 aromatic heterocycles. The Morgan fingerprint density at radius 3 is 1.09 bits per heavy atom. The second-order valence-corrected chi connectivity index (χ2v) is 7.73. The Labute approximate surface area is 189 Å². The minimum atomic E-state index is -1.40. The van der Waals surface area contributed by atoms with E-state index in [1.54, 1.807) is 48.5 Å². The zero-order valence-corrected chi connectivity index (χ0v) is 17.2. The number of nitrogens with one attached hydrogen (secondary N) is 4. The molecule has 0 amide bonds. The van der Waals surface area contributed by atoms with Gasteiger partial charge in [-0.1, -0.05) is 24.3 Å². The molecule has 2 aromatic carbocycles. The monoisotopic (exact) mass is 456 g/mol. The number of halogens is 2. The summed E-state index contributed by atoms with van der Waals surface area (Å²) in [5.74, 6) is -1.03. The fraction of sp³-hybridized carbons (Fsp3) is 0. The normalized spacial score (nSPS) is 13.7. The SMILES string of the molecule is N=c1c(B2Oc3ccccc3O2)c(F)c2c(=N)c(=N)c(B3Oc4ccccc4O3)c(F)c=2c1=N. The molecule has 4 N–H and O–H groups in total. The molecule has 0 spiro atoms. The lowest BCUT2D eigenvalue weighted by molar-refractivity contribution is 0.507. The van der Waals surface area contributed by atoms with Gasteiger partial charge in [-0.25, -0.2) is 8.78 Å². The van der Waals surface area contributed by atoms with Crippen LogP contribution in [0.3, 0.4) is 0 Å². The first-order chi connectivity index (χ1) is 16.4. The van der Waals surface area contributed by atoms with Crippen molar-refractivity contribution >= 4 is 25.2 Å². The Kier molecular flexibility index (Phi) is 4.16. The van der Waals surface area contributed by atoms with E-state index in [0.29, 0.717) is 23.0 Å². The molecule has 8 nitrogen and oxygen atoms in total. The number of fused-ring (bicyclic) bond motifs is 2. The number of rotatable bonds is 2. The average Bonchev–Trinajstić information content (AvgIpc) is 3.44. The predicted octanol–water partition coefficient (Wildman–Crippen LogP) is -0.184. The van der Waals surface area contributed by atoms with Crippen LogP contribution in [0.15, 0.2) is 48.5 Å². The first kappa shape index (κ1) is 20.2. The van der Waals surface area contributed by atoms with E-state index in [9.17, 15) is 0 Å². The van der Waals surface area contributed by atoms with E-state index in [4.69, 9.17) is 40.3 Å². The molecular formula is C22H12B2F2N4O4. The smallest absolute Gasteiger partial charge is 0.519 e. The van der Waals surface area contributed by atoms with Gasteiger partial charge in [0.1, 0.15) is 34.6 Å². The summed E-state index contributed by atoms with van der Waals surface area (Å²) in [6.07, 6.45) is 0. The minimum Gasteiger partial charge on any atom is -0.519 e. The van der Waals surface area contributed by atoms with Crippen molar-refractivity contribution in [2.45, 2.75) is 0 Å². The van der Waals surface area contributed by atoms with Crippen molar-refractivity contribution in [2.24, 2.45) is 0 Å². The zero-order chi connectivity index (χ0) is 23.7. The Morgan fingerprint density at radius 2 is 0.794 bits per heavy atom.